The zero-order valence-electron chi connectivity index (χ0n) is 15.1. The van der Waals surface area contributed by atoms with Gasteiger partial charge >= 0.3 is 0 Å². The van der Waals surface area contributed by atoms with Crippen LogP contribution in [0.4, 0.5) is 0 Å². The van der Waals surface area contributed by atoms with E-state index in [1.165, 1.54) is 0 Å². The first kappa shape index (κ1) is 17.0. The fraction of sp³-hybridized carbons (Fsp3) is 0.389. The van der Waals surface area contributed by atoms with Gasteiger partial charge in [0, 0.05) is 7.05 Å². The smallest absolute Gasteiger partial charge is 0.245 e. The summed E-state index contributed by atoms with van der Waals surface area (Å²) in [4.78, 5) is 12.7. The molecular formula is C18H23N5O2. The highest BCUT2D eigenvalue weighted by Crippen LogP contribution is 2.22. The molecule has 0 unspecified atom stereocenters. The second kappa shape index (κ2) is 6.58. The van der Waals surface area contributed by atoms with E-state index in [4.69, 9.17) is 4.74 Å². The lowest BCUT2D eigenvalue weighted by atomic mass is 10.1. The van der Waals surface area contributed by atoms with Crippen LogP contribution in [0.5, 0.6) is 5.75 Å². The number of aromatic nitrogens is 4. The van der Waals surface area contributed by atoms with Crippen LogP contribution < -0.4 is 10.1 Å². The normalized spacial score (nSPS) is 13.6. The summed E-state index contributed by atoms with van der Waals surface area (Å²) < 4.78 is 8.75. The number of nitrogens with one attached hydrogen (secondary N) is 1. The lowest BCUT2D eigenvalue weighted by molar-refractivity contribution is -0.124. The molecule has 2 atom stereocenters. The molecule has 2 aromatic heterocycles. The van der Waals surface area contributed by atoms with Gasteiger partial charge in [-0.3, -0.25) is 9.48 Å². The molecule has 0 aliphatic carbocycles. The van der Waals surface area contributed by atoms with E-state index < -0.39 is 6.04 Å². The summed E-state index contributed by atoms with van der Waals surface area (Å²) >= 11 is 0. The molecule has 0 bridgehead atoms. The Balaban J connectivity index is 1.80. The van der Waals surface area contributed by atoms with Crippen LogP contribution >= 0.6 is 0 Å². The molecule has 0 radical (unpaired) electrons. The molecule has 7 nitrogen and oxygen atoms in total. The summed E-state index contributed by atoms with van der Waals surface area (Å²) in [5.74, 6) is 0.676. The summed E-state index contributed by atoms with van der Waals surface area (Å²) in [5, 5.41) is 11.8. The molecule has 0 aliphatic rings. The molecule has 0 fully saturated rings. The number of fused-ring (bicyclic) bond motifs is 1. The molecular weight excluding hydrogens is 318 g/mol. The average Bonchev–Trinajstić information content (AvgIpc) is 3.16. The minimum absolute atomic E-state index is 0.0939. The summed E-state index contributed by atoms with van der Waals surface area (Å²) in [6.07, 6.45) is 1.74. The predicted octanol–water partition coefficient (Wildman–Crippen LogP) is 2.53. The Kier molecular flexibility index (Phi) is 4.48. The second-order valence-electron chi connectivity index (χ2n) is 6.21. The predicted molar refractivity (Wildman–Crippen MR) is 95.5 cm³/mol. The van der Waals surface area contributed by atoms with Crippen molar-refractivity contribution in [2.45, 2.75) is 32.9 Å². The van der Waals surface area contributed by atoms with E-state index in [1.807, 2.05) is 52.1 Å². The maximum absolute atomic E-state index is 12.7. The molecule has 0 saturated carbocycles. The number of amides is 1. The van der Waals surface area contributed by atoms with Gasteiger partial charge in [0.05, 0.1) is 25.0 Å². The highest BCUT2D eigenvalue weighted by atomic mass is 16.5. The molecule has 132 valence electrons. The van der Waals surface area contributed by atoms with Gasteiger partial charge in [0.1, 0.15) is 22.8 Å². The van der Waals surface area contributed by atoms with Crippen molar-refractivity contribution in [1.82, 2.24) is 24.9 Å². The van der Waals surface area contributed by atoms with Crippen LogP contribution in [0.2, 0.25) is 0 Å². The number of hydrogen-bond donors (Lipinski definition) is 1. The minimum atomic E-state index is -0.437. The highest BCUT2D eigenvalue weighted by molar-refractivity contribution is 5.84. The third kappa shape index (κ3) is 3.09. The van der Waals surface area contributed by atoms with Crippen molar-refractivity contribution >= 4 is 16.9 Å². The van der Waals surface area contributed by atoms with Gasteiger partial charge in [-0.25, -0.2) is 4.68 Å². The van der Waals surface area contributed by atoms with E-state index >= 15 is 0 Å². The largest absolute Gasteiger partial charge is 0.497 e. The number of hydrogen-bond acceptors (Lipinski definition) is 4. The van der Waals surface area contributed by atoms with Crippen LogP contribution in [0.25, 0.3) is 11.0 Å². The van der Waals surface area contributed by atoms with E-state index in [0.717, 1.165) is 28.0 Å². The number of carbonyl (C=O) groups excluding carboxylic acids is 1. The number of carbonyl (C=O) groups is 1. The van der Waals surface area contributed by atoms with E-state index in [2.05, 4.69) is 15.5 Å². The second-order valence-corrected chi connectivity index (χ2v) is 6.21. The van der Waals surface area contributed by atoms with Crippen molar-refractivity contribution in [3.63, 3.8) is 0 Å². The van der Waals surface area contributed by atoms with Gasteiger partial charge in [0.25, 0.3) is 0 Å². The lowest BCUT2D eigenvalue weighted by Gasteiger charge is -2.19. The van der Waals surface area contributed by atoms with Crippen LogP contribution in [0.1, 0.15) is 37.2 Å². The zero-order valence-corrected chi connectivity index (χ0v) is 15.1. The van der Waals surface area contributed by atoms with Crippen LogP contribution in [0.15, 0.2) is 30.5 Å². The van der Waals surface area contributed by atoms with Crippen molar-refractivity contribution in [1.29, 1.82) is 0 Å². The third-order valence-corrected chi connectivity index (χ3v) is 4.47. The SMILES string of the molecule is COc1cccc([C@@H](C)NC(=O)[C@@H](C)n2ncc3c2c(C)nn3C)c1. The van der Waals surface area contributed by atoms with E-state index in [0.29, 0.717) is 0 Å². The van der Waals surface area contributed by atoms with Crippen LogP contribution in [-0.2, 0) is 11.8 Å². The zero-order chi connectivity index (χ0) is 18.1. The van der Waals surface area contributed by atoms with Crippen LogP contribution in [-0.4, -0.2) is 32.6 Å². The first-order valence-electron chi connectivity index (χ1n) is 8.23. The van der Waals surface area contributed by atoms with E-state index in [-0.39, 0.29) is 11.9 Å². The fourth-order valence-electron chi connectivity index (χ4n) is 3.00. The fourth-order valence-corrected chi connectivity index (χ4v) is 3.00. The Labute approximate surface area is 146 Å². The first-order valence-corrected chi connectivity index (χ1v) is 8.23. The molecule has 1 N–H and O–H groups in total. The molecule has 0 spiro atoms. The van der Waals surface area contributed by atoms with Crippen molar-refractivity contribution in [3.8, 4) is 5.75 Å². The molecule has 0 aliphatic heterocycles. The van der Waals surface area contributed by atoms with Gasteiger partial charge in [-0.1, -0.05) is 12.1 Å². The quantitative estimate of drug-likeness (QED) is 0.774. The Morgan fingerprint density at radius 3 is 2.80 bits per heavy atom. The first-order chi connectivity index (χ1) is 11.9. The number of ether oxygens (including phenoxy) is 1. The van der Waals surface area contributed by atoms with Crippen molar-refractivity contribution < 1.29 is 9.53 Å². The number of rotatable bonds is 5. The van der Waals surface area contributed by atoms with Gasteiger partial charge in [-0.2, -0.15) is 10.2 Å². The average molecular weight is 341 g/mol. The van der Waals surface area contributed by atoms with Crippen molar-refractivity contribution in [2.24, 2.45) is 7.05 Å². The molecule has 0 saturated heterocycles. The number of methoxy groups -OCH3 is 1. The minimum Gasteiger partial charge on any atom is -0.497 e. The molecule has 3 aromatic rings. The number of aryl methyl sites for hydroxylation is 2. The Morgan fingerprint density at radius 2 is 2.08 bits per heavy atom. The van der Waals surface area contributed by atoms with E-state index in [1.54, 1.807) is 22.7 Å². The number of nitrogens with zero attached hydrogens (tertiary/aromatic N) is 4. The number of benzene rings is 1. The monoisotopic (exact) mass is 341 g/mol. The topological polar surface area (TPSA) is 74.0 Å². The van der Waals surface area contributed by atoms with Gasteiger partial charge in [-0.05, 0) is 38.5 Å². The summed E-state index contributed by atoms with van der Waals surface area (Å²) in [6.45, 7) is 5.71. The van der Waals surface area contributed by atoms with Gasteiger partial charge < -0.3 is 10.1 Å². The molecule has 7 heteroatoms. The van der Waals surface area contributed by atoms with Crippen molar-refractivity contribution in [2.75, 3.05) is 7.11 Å². The van der Waals surface area contributed by atoms with Gasteiger partial charge in [-0.15, -0.1) is 0 Å². The maximum Gasteiger partial charge on any atom is 0.245 e. The molecule has 25 heavy (non-hydrogen) atoms. The molecule has 2 heterocycles. The van der Waals surface area contributed by atoms with Gasteiger partial charge in [0.2, 0.25) is 5.91 Å². The van der Waals surface area contributed by atoms with E-state index in [9.17, 15) is 4.79 Å². The van der Waals surface area contributed by atoms with Gasteiger partial charge in [0.15, 0.2) is 0 Å². The summed E-state index contributed by atoms with van der Waals surface area (Å²) in [6, 6.07) is 7.12. The summed E-state index contributed by atoms with van der Waals surface area (Å²) in [5.41, 5.74) is 3.65. The molecule has 1 amide bonds. The maximum atomic E-state index is 12.7. The van der Waals surface area contributed by atoms with Crippen LogP contribution in [0.3, 0.4) is 0 Å². The third-order valence-electron chi connectivity index (χ3n) is 4.47. The lowest BCUT2D eigenvalue weighted by Crippen LogP contribution is -2.33. The Hall–Kier alpha value is -2.83. The molecule has 3 rings (SSSR count). The van der Waals surface area contributed by atoms with Crippen molar-refractivity contribution in [3.05, 3.63) is 41.7 Å². The van der Waals surface area contributed by atoms with Crippen LogP contribution in [0, 0.1) is 6.92 Å². The Bertz CT molecular complexity index is 911. The Morgan fingerprint density at radius 1 is 1.32 bits per heavy atom. The molecule has 1 aromatic carbocycles. The standard InChI is InChI=1S/C18H23N5O2/c1-11(14-7-6-8-15(9-14)25-5)20-18(24)13(3)23-17-12(2)21-22(4)16(17)10-19-23/h6-11,13H,1-5H3,(H,20,24)/t11-,13-/m1/s1. The summed E-state index contributed by atoms with van der Waals surface area (Å²) in [7, 11) is 3.50. The highest BCUT2D eigenvalue weighted by Gasteiger charge is 2.22.